The van der Waals surface area contributed by atoms with E-state index in [0.717, 1.165) is 36.8 Å². The molecule has 0 fully saturated rings. The second-order valence-electron chi connectivity index (χ2n) is 5.27. The highest BCUT2D eigenvalue weighted by Gasteiger charge is 1.99. The molecular weight excluding hydrogens is 413 g/mol. The van der Waals surface area contributed by atoms with Gasteiger partial charge in [-0.3, -0.25) is 4.99 Å². The van der Waals surface area contributed by atoms with E-state index < -0.39 is 0 Å². The van der Waals surface area contributed by atoms with Gasteiger partial charge in [0.05, 0.1) is 0 Å². The number of guanidine groups is 1. The van der Waals surface area contributed by atoms with Gasteiger partial charge in [-0.25, -0.2) is 0 Å². The molecule has 0 spiro atoms. The summed E-state index contributed by atoms with van der Waals surface area (Å²) in [7, 11) is 1.79. The van der Waals surface area contributed by atoms with Crippen molar-refractivity contribution in [3.8, 4) is 5.75 Å². The van der Waals surface area contributed by atoms with Crippen molar-refractivity contribution in [2.24, 2.45) is 4.99 Å². The smallest absolute Gasteiger partial charge is 0.191 e. The Morgan fingerprint density at radius 3 is 2.25 bits per heavy atom. The van der Waals surface area contributed by atoms with Crippen LogP contribution in [0.5, 0.6) is 5.75 Å². The van der Waals surface area contributed by atoms with Crippen LogP contribution in [-0.2, 0) is 13.2 Å². The minimum absolute atomic E-state index is 0. The maximum Gasteiger partial charge on any atom is 0.191 e. The lowest BCUT2D eigenvalue weighted by Gasteiger charge is -2.11. The van der Waals surface area contributed by atoms with E-state index in [9.17, 15) is 0 Å². The number of nitrogens with one attached hydrogen (secondary N) is 2. The maximum absolute atomic E-state index is 5.75. The summed E-state index contributed by atoms with van der Waals surface area (Å²) in [5.74, 6) is 1.73. The molecule has 0 aliphatic carbocycles. The number of halogens is 1. The zero-order chi connectivity index (χ0) is 16.3. The van der Waals surface area contributed by atoms with Crippen molar-refractivity contribution in [1.29, 1.82) is 0 Å². The quantitative estimate of drug-likeness (QED) is 0.390. The number of benzene rings is 2. The van der Waals surface area contributed by atoms with E-state index in [0.29, 0.717) is 6.61 Å². The van der Waals surface area contributed by atoms with Crippen LogP contribution in [0, 0.1) is 0 Å². The SMILES string of the molecule is CCCNC(=NC)NCc1ccc(COc2ccccc2)cc1.I. The van der Waals surface area contributed by atoms with Gasteiger partial charge in [-0.2, -0.15) is 0 Å². The Morgan fingerprint density at radius 1 is 0.958 bits per heavy atom. The van der Waals surface area contributed by atoms with Crippen LogP contribution in [0.4, 0.5) is 0 Å². The minimum atomic E-state index is 0. The molecule has 0 aromatic heterocycles. The van der Waals surface area contributed by atoms with Gasteiger partial charge in [-0.1, -0.05) is 49.4 Å². The molecule has 2 N–H and O–H groups in total. The lowest BCUT2D eigenvalue weighted by molar-refractivity contribution is 0.306. The van der Waals surface area contributed by atoms with Gasteiger partial charge in [0.2, 0.25) is 0 Å². The molecule has 0 atom stereocenters. The standard InChI is InChI=1S/C19H25N3O.HI/c1-3-13-21-19(20-2)22-14-16-9-11-17(12-10-16)15-23-18-7-5-4-6-8-18;/h4-12H,3,13-15H2,1-2H3,(H2,20,21,22);1H. The van der Waals surface area contributed by atoms with Crippen LogP contribution in [-0.4, -0.2) is 19.6 Å². The number of hydrogen-bond donors (Lipinski definition) is 2. The lowest BCUT2D eigenvalue weighted by atomic mass is 10.1. The van der Waals surface area contributed by atoms with Crippen molar-refractivity contribution in [2.75, 3.05) is 13.6 Å². The third kappa shape index (κ3) is 7.21. The molecule has 4 nitrogen and oxygen atoms in total. The topological polar surface area (TPSA) is 45.7 Å². The van der Waals surface area contributed by atoms with Crippen molar-refractivity contribution < 1.29 is 4.74 Å². The predicted molar refractivity (Wildman–Crippen MR) is 111 cm³/mol. The van der Waals surface area contributed by atoms with Gasteiger partial charge >= 0.3 is 0 Å². The van der Waals surface area contributed by atoms with Crippen LogP contribution in [0.15, 0.2) is 59.6 Å². The van der Waals surface area contributed by atoms with Crippen molar-refractivity contribution in [2.45, 2.75) is 26.5 Å². The molecule has 0 aliphatic rings. The first kappa shape index (κ1) is 20.3. The molecule has 0 heterocycles. The fourth-order valence-electron chi connectivity index (χ4n) is 2.09. The van der Waals surface area contributed by atoms with Crippen molar-refractivity contribution in [1.82, 2.24) is 10.6 Å². The number of nitrogens with zero attached hydrogens (tertiary/aromatic N) is 1. The number of hydrogen-bond acceptors (Lipinski definition) is 2. The van der Waals surface area contributed by atoms with Crippen molar-refractivity contribution in [3.63, 3.8) is 0 Å². The predicted octanol–water partition coefficient (Wildman–Crippen LogP) is 3.96. The van der Waals surface area contributed by atoms with E-state index in [2.05, 4.69) is 46.8 Å². The molecule has 0 saturated heterocycles. The van der Waals surface area contributed by atoms with E-state index in [1.165, 1.54) is 5.56 Å². The summed E-state index contributed by atoms with van der Waals surface area (Å²) in [6.07, 6.45) is 1.08. The average molecular weight is 439 g/mol. The number of para-hydroxylation sites is 1. The van der Waals surface area contributed by atoms with Gasteiger partial charge in [0.1, 0.15) is 12.4 Å². The number of ether oxygens (including phenoxy) is 1. The third-order valence-electron chi connectivity index (χ3n) is 3.40. The minimum Gasteiger partial charge on any atom is -0.489 e. The number of aliphatic imine (C=N–C) groups is 1. The highest BCUT2D eigenvalue weighted by atomic mass is 127. The summed E-state index contributed by atoms with van der Waals surface area (Å²) in [5.41, 5.74) is 2.37. The van der Waals surface area contributed by atoms with E-state index in [1.54, 1.807) is 7.05 Å². The summed E-state index contributed by atoms with van der Waals surface area (Å²) >= 11 is 0. The molecule has 0 bridgehead atoms. The molecule has 2 rings (SSSR count). The molecule has 0 aliphatic heterocycles. The number of rotatable bonds is 7. The first-order chi connectivity index (χ1) is 11.3. The molecule has 0 unspecified atom stereocenters. The van der Waals surface area contributed by atoms with Crippen LogP contribution < -0.4 is 15.4 Å². The molecule has 0 radical (unpaired) electrons. The largest absolute Gasteiger partial charge is 0.489 e. The van der Waals surface area contributed by atoms with Crippen molar-refractivity contribution in [3.05, 3.63) is 65.7 Å². The summed E-state index contributed by atoms with van der Waals surface area (Å²) < 4.78 is 5.75. The normalized spacial score (nSPS) is 10.7. The maximum atomic E-state index is 5.75. The van der Waals surface area contributed by atoms with Crippen LogP contribution in [0.25, 0.3) is 0 Å². The Morgan fingerprint density at radius 2 is 1.62 bits per heavy atom. The first-order valence-electron chi connectivity index (χ1n) is 8.02. The van der Waals surface area contributed by atoms with Gasteiger partial charge in [0.25, 0.3) is 0 Å². The van der Waals surface area contributed by atoms with Crippen LogP contribution in [0.1, 0.15) is 24.5 Å². The van der Waals surface area contributed by atoms with Gasteiger partial charge < -0.3 is 15.4 Å². The van der Waals surface area contributed by atoms with E-state index in [4.69, 9.17) is 4.74 Å². The molecular formula is C19H26IN3O. The molecule has 24 heavy (non-hydrogen) atoms. The summed E-state index contributed by atoms with van der Waals surface area (Å²) in [6.45, 7) is 4.40. The van der Waals surface area contributed by atoms with E-state index >= 15 is 0 Å². The lowest BCUT2D eigenvalue weighted by Crippen LogP contribution is -2.37. The Bertz CT molecular complexity index is 600. The van der Waals surface area contributed by atoms with E-state index in [1.807, 2.05) is 30.3 Å². The molecule has 2 aromatic carbocycles. The third-order valence-corrected chi connectivity index (χ3v) is 3.40. The Labute approximate surface area is 161 Å². The molecule has 2 aromatic rings. The zero-order valence-corrected chi connectivity index (χ0v) is 16.6. The molecule has 130 valence electrons. The Balaban J connectivity index is 0.00000288. The summed E-state index contributed by atoms with van der Waals surface area (Å²) in [5, 5.41) is 6.56. The first-order valence-corrected chi connectivity index (χ1v) is 8.02. The molecule has 5 heteroatoms. The molecule has 0 saturated carbocycles. The Hall–Kier alpha value is -1.76. The van der Waals surface area contributed by atoms with Gasteiger partial charge in [0, 0.05) is 20.1 Å². The fourth-order valence-corrected chi connectivity index (χ4v) is 2.09. The molecule has 0 amide bonds. The van der Waals surface area contributed by atoms with Gasteiger partial charge in [0.15, 0.2) is 5.96 Å². The highest BCUT2D eigenvalue weighted by molar-refractivity contribution is 14.0. The fraction of sp³-hybridized carbons (Fsp3) is 0.316. The summed E-state index contributed by atoms with van der Waals surface area (Å²) in [6, 6.07) is 18.3. The van der Waals surface area contributed by atoms with Crippen LogP contribution in [0.2, 0.25) is 0 Å². The van der Waals surface area contributed by atoms with Crippen LogP contribution >= 0.6 is 24.0 Å². The monoisotopic (exact) mass is 439 g/mol. The van der Waals surface area contributed by atoms with Crippen LogP contribution in [0.3, 0.4) is 0 Å². The Kier molecular flexibility index (Phi) is 9.91. The van der Waals surface area contributed by atoms with Gasteiger partial charge in [-0.15, -0.1) is 24.0 Å². The zero-order valence-electron chi connectivity index (χ0n) is 14.3. The second-order valence-corrected chi connectivity index (χ2v) is 5.27. The highest BCUT2D eigenvalue weighted by Crippen LogP contribution is 2.12. The summed E-state index contributed by atoms with van der Waals surface area (Å²) in [4.78, 5) is 4.20. The average Bonchev–Trinajstić information content (AvgIpc) is 2.62. The second kappa shape index (κ2) is 11.7. The van der Waals surface area contributed by atoms with Gasteiger partial charge in [-0.05, 0) is 29.7 Å². The van der Waals surface area contributed by atoms with Crippen molar-refractivity contribution >= 4 is 29.9 Å². The van der Waals surface area contributed by atoms with E-state index in [-0.39, 0.29) is 24.0 Å².